The smallest absolute Gasteiger partial charge is 0.269 e. The van der Waals surface area contributed by atoms with Gasteiger partial charge in [0.05, 0.1) is 10.7 Å². The number of carbonyl (C=O) groups is 1. The van der Waals surface area contributed by atoms with E-state index in [1.54, 1.807) is 0 Å². The molecule has 0 bridgehead atoms. The summed E-state index contributed by atoms with van der Waals surface area (Å²) in [6.45, 7) is 0. The number of amidine groups is 1. The molecule has 2 heterocycles. The zero-order chi connectivity index (χ0) is 18.1. The van der Waals surface area contributed by atoms with Gasteiger partial charge in [0.1, 0.15) is 6.04 Å². The number of non-ortho nitro benzene ring substituents is 1. The third kappa shape index (κ3) is 3.08. The maximum absolute atomic E-state index is 12.2. The molecule has 2 atom stereocenters. The second kappa shape index (κ2) is 6.68. The molecule has 0 saturated heterocycles. The van der Waals surface area contributed by atoms with E-state index in [0.29, 0.717) is 10.7 Å². The quantitative estimate of drug-likeness (QED) is 0.502. The molecule has 0 aliphatic carbocycles. The van der Waals surface area contributed by atoms with Gasteiger partial charge in [-0.15, -0.1) is 5.11 Å². The highest BCUT2D eigenvalue weighted by Crippen LogP contribution is 2.39. The van der Waals surface area contributed by atoms with Crippen LogP contribution >= 0.6 is 11.8 Å². The van der Waals surface area contributed by atoms with E-state index in [1.807, 2.05) is 24.3 Å². The fraction of sp³-hybridized carbons (Fsp3) is 0.176. The summed E-state index contributed by atoms with van der Waals surface area (Å²) in [6, 6.07) is 13.3. The number of rotatable bonds is 4. The Hall–Kier alpha value is -3.07. The molecule has 0 aromatic heterocycles. The maximum atomic E-state index is 12.2. The predicted octanol–water partition coefficient (Wildman–Crippen LogP) is 3.83. The number of benzene rings is 2. The number of anilines is 1. The molecule has 4 rings (SSSR count). The molecule has 0 amide bonds. The van der Waals surface area contributed by atoms with Crippen molar-refractivity contribution in [3.05, 3.63) is 69.8 Å². The molecule has 2 aromatic rings. The minimum atomic E-state index is -0.497. The number of para-hydroxylation sites is 1. The van der Waals surface area contributed by atoms with Crippen LogP contribution in [-0.4, -0.2) is 27.8 Å². The van der Waals surface area contributed by atoms with Crippen molar-refractivity contribution in [1.29, 1.82) is 0 Å². The Balaban J connectivity index is 1.39. The molecule has 1 N–H and O–H groups in total. The van der Waals surface area contributed by atoms with E-state index in [-0.39, 0.29) is 29.4 Å². The number of hydrogen-bond donors (Lipinski definition) is 1. The summed E-state index contributed by atoms with van der Waals surface area (Å²) >= 11 is 1.20. The number of fused-ring (bicyclic) bond motifs is 3. The van der Waals surface area contributed by atoms with Gasteiger partial charge in [-0.25, -0.2) is 4.99 Å². The number of thioether (sulfide) groups is 1. The molecule has 0 fully saturated rings. The molecule has 2 aliphatic heterocycles. The first kappa shape index (κ1) is 16.4. The Kier molecular flexibility index (Phi) is 4.21. The molecular weight excluding hydrogens is 354 g/mol. The second-order valence-electron chi connectivity index (χ2n) is 5.76. The first-order valence-corrected chi connectivity index (χ1v) is 8.85. The SMILES string of the molecule is O=C(CSC1=NC2Nc3ccccc3C2N=N1)c1ccc([N+](=O)[O-])cc1. The van der Waals surface area contributed by atoms with Crippen LogP contribution in [0.4, 0.5) is 11.4 Å². The molecule has 2 aliphatic rings. The third-order valence-corrected chi connectivity index (χ3v) is 4.98. The standard InChI is InChI=1S/C17H13N5O3S/c23-14(10-5-7-11(8-6-10)22(24)25)9-26-17-19-16-15(20-21-17)12-3-1-2-4-13(12)18-16/h1-8,15-16,18H,9H2. The highest BCUT2D eigenvalue weighted by Gasteiger charge is 2.34. The molecule has 130 valence electrons. The van der Waals surface area contributed by atoms with Crippen LogP contribution < -0.4 is 5.32 Å². The minimum absolute atomic E-state index is 0.0439. The average Bonchev–Trinajstić information content (AvgIpc) is 3.04. The normalized spacial score (nSPS) is 19.9. The Labute approximate surface area is 152 Å². The summed E-state index contributed by atoms with van der Waals surface area (Å²) in [5.74, 6) is -0.00686. The minimum Gasteiger partial charge on any atom is -0.361 e. The molecule has 0 saturated carbocycles. The number of aliphatic imine (C=N–C) groups is 1. The van der Waals surface area contributed by atoms with Crippen molar-refractivity contribution in [3.63, 3.8) is 0 Å². The van der Waals surface area contributed by atoms with E-state index >= 15 is 0 Å². The Morgan fingerprint density at radius 1 is 1.19 bits per heavy atom. The molecule has 26 heavy (non-hydrogen) atoms. The number of carbonyl (C=O) groups excluding carboxylic acids is 1. The van der Waals surface area contributed by atoms with Crippen LogP contribution in [0.2, 0.25) is 0 Å². The number of Topliss-reactive ketones (excluding diaryl/α,β-unsaturated/α-hetero) is 1. The number of ketones is 1. The maximum Gasteiger partial charge on any atom is 0.269 e. The average molecular weight is 367 g/mol. The Bertz CT molecular complexity index is 942. The lowest BCUT2D eigenvalue weighted by atomic mass is 10.1. The van der Waals surface area contributed by atoms with E-state index in [9.17, 15) is 14.9 Å². The van der Waals surface area contributed by atoms with Crippen molar-refractivity contribution in [2.75, 3.05) is 11.1 Å². The molecule has 2 unspecified atom stereocenters. The van der Waals surface area contributed by atoms with Gasteiger partial charge >= 0.3 is 0 Å². The van der Waals surface area contributed by atoms with Crippen molar-refractivity contribution in [2.24, 2.45) is 15.2 Å². The number of hydrogen-bond acceptors (Lipinski definition) is 8. The number of nitro groups is 1. The summed E-state index contributed by atoms with van der Waals surface area (Å²) in [4.78, 5) is 26.9. The lowest BCUT2D eigenvalue weighted by Gasteiger charge is -2.16. The van der Waals surface area contributed by atoms with Crippen LogP contribution in [0.3, 0.4) is 0 Å². The lowest BCUT2D eigenvalue weighted by molar-refractivity contribution is -0.384. The fourth-order valence-electron chi connectivity index (χ4n) is 2.83. The zero-order valence-corrected chi connectivity index (χ0v) is 14.2. The first-order chi connectivity index (χ1) is 12.6. The summed E-state index contributed by atoms with van der Waals surface area (Å²) in [7, 11) is 0. The van der Waals surface area contributed by atoms with Gasteiger partial charge in [-0.1, -0.05) is 30.0 Å². The number of nitrogens with zero attached hydrogens (tertiary/aromatic N) is 4. The van der Waals surface area contributed by atoms with E-state index in [2.05, 4.69) is 20.5 Å². The van der Waals surface area contributed by atoms with Crippen LogP contribution in [0.25, 0.3) is 0 Å². The van der Waals surface area contributed by atoms with Gasteiger partial charge in [0.15, 0.2) is 11.9 Å². The summed E-state index contributed by atoms with van der Waals surface area (Å²) in [5.41, 5.74) is 2.44. The van der Waals surface area contributed by atoms with E-state index in [4.69, 9.17) is 0 Å². The third-order valence-electron chi connectivity index (χ3n) is 4.13. The van der Waals surface area contributed by atoms with Gasteiger partial charge < -0.3 is 5.32 Å². The summed E-state index contributed by atoms with van der Waals surface area (Å²) in [6.07, 6.45) is -0.207. The number of azo groups is 1. The van der Waals surface area contributed by atoms with Crippen molar-refractivity contribution in [3.8, 4) is 0 Å². The van der Waals surface area contributed by atoms with E-state index in [0.717, 1.165) is 11.3 Å². The highest BCUT2D eigenvalue weighted by molar-refractivity contribution is 8.14. The number of nitrogens with one attached hydrogen (secondary N) is 1. The van der Waals surface area contributed by atoms with Crippen LogP contribution in [0.15, 0.2) is 63.8 Å². The molecule has 0 spiro atoms. The molecule has 0 radical (unpaired) electrons. The van der Waals surface area contributed by atoms with Gasteiger partial charge in [0, 0.05) is 28.9 Å². The second-order valence-corrected chi connectivity index (χ2v) is 6.71. The fourth-order valence-corrected chi connectivity index (χ4v) is 3.55. The molecule has 8 nitrogen and oxygen atoms in total. The lowest BCUT2D eigenvalue weighted by Crippen LogP contribution is -2.21. The van der Waals surface area contributed by atoms with Crippen LogP contribution in [0.5, 0.6) is 0 Å². The Morgan fingerprint density at radius 3 is 2.73 bits per heavy atom. The topological polar surface area (TPSA) is 109 Å². The summed E-state index contributed by atoms with van der Waals surface area (Å²) < 4.78 is 0. The van der Waals surface area contributed by atoms with Gasteiger partial charge in [-0.2, -0.15) is 5.11 Å². The van der Waals surface area contributed by atoms with Crippen molar-refractivity contribution < 1.29 is 9.72 Å². The monoisotopic (exact) mass is 367 g/mol. The molecular formula is C17H13N5O3S. The molecule has 2 aromatic carbocycles. The van der Waals surface area contributed by atoms with Crippen LogP contribution in [-0.2, 0) is 0 Å². The summed E-state index contributed by atoms with van der Waals surface area (Å²) in [5, 5.41) is 22.9. The Morgan fingerprint density at radius 2 is 1.96 bits per heavy atom. The van der Waals surface area contributed by atoms with E-state index < -0.39 is 4.92 Å². The predicted molar refractivity (Wildman–Crippen MR) is 98.8 cm³/mol. The van der Waals surface area contributed by atoms with Crippen LogP contribution in [0, 0.1) is 10.1 Å². The van der Waals surface area contributed by atoms with E-state index in [1.165, 1.54) is 36.0 Å². The first-order valence-electron chi connectivity index (χ1n) is 7.86. The zero-order valence-electron chi connectivity index (χ0n) is 13.4. The largest absolute Gasteiger partial charge is 0.361 e. The van der Waals surface area contributed by atoms with Crippen LogP contribution in [0.1, 0.15) is 22.0 Å². The van der Waals surface area contributed by atoms with Crippen molar-refractivity contribution in [2.45, 2.75) is 12.2 Å². The van der Waals surface area contributed by atoms with Gasteiger partial charge in [-0.3, -0.25) is 14.9 Å². The van der Waals surface area contributed by atoms with Gasteiger partial charge in [-0.05, 0) is 18.2 Å². The highest BCUT2D eigenvalue weighted by atomic mass is 32.2. The van der Waals surface area contributed by atoms with Crippen molar-refractivity contribution in [1.82, 2.24) is 0 Å². The van der Waals surface area contributed by atoms with Gasteiger partial charge in [0.25, 0.3) is 5.69 Å². The number of nitro benzene ring substituents is 1. The van der Waals surface area contributed by atoms with Gasteiger partial charge in [0.2, 0.25) is 5.17 Å². The molecule has 9 heteroatoms. The van der Waals surface area contributed by atoms with Crippen molar-refractivity contribution >= 4 is 34.1 Å².